The molecule has 0 saturated carbocycles. The minimum Gasteiger partial charge on any atom is -0.322 e. The number of amides is 5. The fraction of sp³-hybridized carbons (Fsp3) is 0.227. The molecule has 12 heteroatoms. The molecule has 2 heterocycles. The molecule has 8 nitrogen and oxygen atoms in total. The first-order valence-corrected chi connectivity index (χ1v) is 9.97. The fourth-order valence-electron chi connectivity index (χ4n) is 3.97. The molecule has 2 aromatic carbocycles. The highest BCUT2D eigenvalue weighted by molar-refractivity contribution is 6.16. The Morgan fingerprint density at radius 3 is 2.32 bits per heavy atom. The number of halogens is 4. The summed E-state index contributed by atoms with van der Waals surface area (Å²) in [6.45, 7) is -0.0300. The lowest BCUT2D eigenvalue weighted by molar-refractivity contribution is -0.140. The predicted molar refractivity (Wildman–Crippen MR) is 106 cm³/mol. The van der Waals surface area contributed by atoms with Gasteiger partial charge in [-0.25, -0.2) is 4.39 Å². The van der Waals surface area contributed by atoms with Crippen LogP contribution in [0.15, 0.2) is 36.4 Å². The molecule has 2 aliphatic heterocycles. The van der Waals surface area contributed by atoms with E-state index >= 15 is 0 Å². The zero-order valence-electron chi connectivity index (χ0n) is 17.2. The van der Waals surface area contributed by atoms with Gasteiger partial charge in [0.05, 0.1) is 22.3 Å². The molecule has 1 saturated heterocycles. The second-order valence-corrected chi connectivity index (χ2v) is 7.69. The zero-order chi connectivity index (χ0) is 24.8. The van der Waals surface area contributed by atoms with Crippen LogP contribution in [0.2, 0.25) is 0 Å². The van der Waals surface area contributed by atoms with E-state index in [2.05, 4.69) is 5.32 Å². The number of carbonyl (C=O) groups excluding carboxylic acids is 5. The summed E-state index contributed by atoms with van der Waals surface area (Å²) in [6.07, 6.45) is -4.92. The van der Waals surface area contributed by atoms with Gasteiger partial charge >= 0.3 is 6.18 Å². The summed E-state index contributed by atoms with van der Waals surface area (Å²) < 4.78 is 53.0. The topological polar surface area (TPSA) is 113 Å². The minimum atomic E-state index is -5.05. The summed E-state index contributed by atoms with van der Waals surface area (Å²) in [5.41, 5.74) is -2.64. The van der Waals surface area contributed by atoms with Crippen molar-refractivity contribution in [3.05, 3.63) is 70.0 Å². The third-order valence-electron chi connectivity index (χ3n) is 5.57. The molecule has 176 valence electrons. The molecule has 2 aliphatic rings. The fourth-order valence-corrected chi connectivity index (χ4v) is 3.97. The van der Waals surface area contributed by atoms with E-state index in [1.54, 1.807) is 0 Å². The average molecular weight is 477 g/mol. The molecule has 4 rings (SSSR count). The third-order valence-corrected chi connectivity index (χ3v) is 5.57. The number of imide groups is 2. The summed E-state index contributed by atoms with van der Waals surface area (Å²) in [5.74, 6) is -6.19. The molecule has 0 bridgehead atoms. The van der Waals surface area contributed by atoms with Crippen molar-refractivity contribution < 1.29 is 41.5 Å². The van der Waals surface area contributed by atoms with E-state index in [-0.39, 0.29) is 30.5 Å². The molecule has 2 N–H and O–H groups in total. The van der Waals surface area contributed by atoms with E-state index in [4.69, 9.17) is 0 Å². The molecular formula is C22H15F4N3O5. The van der Waals surface area contributed by atoms with Crippen LogP contribution in [0, 0.1) is 5.82 Å². The number of rotatable bonds is 3. The van der Waals surface area contributed by atoms with Crippen molar-refractivity contribution in [1.29, 1.82) is 0 Å². The summed E-state index contributed by atoms with van der Waals surface area (Å²) in [4.78, 5) is 62.9. The zero-order valence-corrected chi connectivity index (χ0v) is 17.2. The van der Waals surface area contributed by atoms with E-state index < -0.39 is 58.7 Å². The predicted octanol–water partition coefficient (Wildman–Crippen LogP) is 2.18. The normalized spacial score (nSPS) is 17.9. The van der Waals surface area contributed by atoms with Gasteiger partial charge in [0.1, 0.15) is 11.9 Å². The first kappa shape index (κ1) is 23.1. The van der Waals surface area contributed by atoms with Crippen LogP contribution in [-0.4, -0.2) is 40.5 Å². The standard InChI is InChI=1S/C22H15F4N3O5/c23-17-12(5-2-6-13(17)22(24,25)26)19(32)28-18(31)11-4-1-3-10-9-29(21(34)16(10)11)14-7-8-15(30)27-20(14)33/h1-6,14H,7-9H2,(H,27,30,33)(H,28,31,32). The van der Waals surface area contributed by atoms with Crippen LogP contribution in [0.25, 0.3) is 0 Å². The van der Waals surface area contributed by atoms with Gasteiger partial charge < -0.3 is 4.90 Å². The second kappa shape index (κ2) is 8.36. The van der Waals surface area contributed by atoms with Gasteiger partial charge in [0.2, 0.25) is 11.8 Å². The molecule has 1 fully saturated rings. The first-order chi connectivity index (χ1) is 16.0. The Bertz CT molecular complexity index is 1260. The van der Waals surface area contributed by atoms with Gasteiger partial charge in [-0.05, 0) is 30.2 Å². The van der Waals surface area contributed by atoms with Crippen molar-refractivity contribution in [2.75, 3.05) is 0 Å². The smallest absolute Gasteiger partial charge is 0.322 e. The van der Waals surface area contributed by atoms with E-state index in [1.165, 1.54) is 23.1 Å². The number of nitrogens with one attached hydrogen (secondary N) is 2. The van der Waals surface area contributed by atoms with Crippen LogP contribution < -0.4 is 10.6 Å². The average Bonchev–Trinajstić information content (AvgIpc) is 3.09. The Balaban J connectivity index is 1.58. The van der Waals surface area contributed by atoms with Crippen LogP contribution in [0.1, 0.15) is 55.0 Å². The van der Waals surface area contributed by atoms with Crippen molar-refractivity contribution in [2.45, 2.75) is 31.6 Å². The largest absolute Gasteiger partial charge is 0.419 e. The van der Waals surface area contributed by atoms with Gasteiger partial charge in [-0.1, -0.05) is 18.2 Å². The molecule has 1 atom stereocenters. The lowest BCUT2D eigenvalue weighted by Gasteiger charge is -2.29. The maximum absolute atomic E-state index is 14.3. The van der Waals surface area contributed by atoms with Gasteiger partial charge in [0.15, 0.2) is 0 Å². The minimum absolute atomic E-state index is 0.0287. The highest BCUT2D eigenvalue weighted by Gasteiger charge is 2.41. The number of hydrogen-bond donors (Lipinski definition) is 2. The van der Waals surface area contributed by atoms with Crippen molar-refractivity contribution in [3.63, 3.8) is 0 Å². The Morgan fingerprint density at radius 2 is 1.65 bits per heavy atom. The molecule has 2 aromatic rings. The van der Waals surface area contributed by atoms with E-state index in [9.17, 15) is 41.5 Å². The van der Waals surface area contributed by atoms with Crippen LogP contribution >= 0.6 is 0 Å². The molecule has 0 aromatic heterocycles. The number of fused-ring (bicyclic) bond motifs is 1. The molecule has 5 amide bonds. The Labute approximate surface area is 188 Å². The maximum Gasteiger partial charge on any atom is 0.419 e. The number of hydrogen-bond acceptors (Lipinski definition) is 5. The van der Waals surface area contributed by atoms with Gasteiger partial charge in [0, 0.05) is 13.0 Å². The lowest BCUT2D eigenvalue weighted by Crippen LogP contribution is -2.52. The highest BCUT2D eigenvalue weighted by atomic mass is 19.4. The summed E-state index contributed by atoms with van der Waals surface area (Å²) in [5, 5.41) is 3.96. The van der Waals surface area contributed by atoms with Crippen molar-refractivity contribution in [2.24, 2.45) is 0 Å². The van der Waals surface area contributed by atoms with E-state index in [0.29, 0.717) is 11.6 Å². The molecule has 34 heavy (non-hydrogen) atoms. The van der Waals surface area contributed by atoms with Crippen molar-refractivity contribution in [3.8, 4) is 0 Å². The van der Waals surface area contributed by atoms with Crippen LogP contribution in [0.4, 0.5) is 17.6 Å². The Kier molecular flexibility index (Phi) is 5.67. The third kappa shape index (κ3) is 4.02. The van der Waals surface area contributed by atoms with Crippen molar-refractivity contribution >= 4 is 29.5 Å². The quantitative estimate of drug-likeness (QED) is 0.520. The van der Waals surface area contributed by atoms with Gasteiger partial charge in [0.25, 0.3) is 17.7 Å². The SMILES string of the molecule is O=C1CCC(N2Cc3cccc(C(=O)NC(=O)c4cccc(C(F)(F)F)c4F)c3C2=O)C(=O)N1. The van der Waals surface area contributed by atoms with Gasteiger partial charge in [-0.2, -0.15) is 13.2 Å². The summed E-state index contributed by atoms with van der Waals surface area (Å²) in [7, 11) is 0. The number of piperidine rings is 1. The van der Waals surface area contributed by atoms with Crippen LogP contribution in [0.3, 0.4) is 0 Å². The van der Waals surface area contributed by atoms with E-state index in [0.717, 1.165) is 12.1 Å². The molecule has 0 aliphatic carbocycles. The number of carbonyl (C=O) groups is 5. The number of benzene rings is 2. The summed E-state index contributed by atoms with van der Waals surface area (Å²) >= 11 is 0. The highest BCUT2D eigenvalue weighted by Crippen LogP contribution is 2.33. The van der Waals surface area contributed by atoms with Gasteiger partial charge in [-0.15, -0.1) is 0 Å². The molecule has 0 radical (unpaired) electrons. The molecular weight excluding hydrogens is 462 g/mol. The second-order valence-electron chi connectivity index (χ2n) is 7.69. The molecule has 0 spiro atoms. The van der Waals surface area contributed by atoms with Crippen LogP contribution in [0.5, 0.6) is 0 Å². The first-order valence-electron chi connectivity index (χ1n) is 9.97. The molecule has 1 unspecified atom stereocenters. The Hall–Kier alpha value is -4.09. The maximum atomic E-state index is 14.3. The van der Waals surface area contributed by atoms with Crippen LogP contribution in [-0.2, 0) is 22.3 Å². The monoisotopic (exact) mass is 477 g/mol. The van der Waals surface area contributed by atoms with E-state index in [1.807, 2.05) is 5.32 Å². The number of nitrogens with zero attached hydrogens (tertiary/aromatic N) is 1. The van der Waals surface area contributed by atoms with Crippen molar-refractivity contribution in [1.82, 2.24) is 15.5 Å². The Morgan fingerprint density at radius 1 is 1.00 bits per heavy atom. The number of alkyl halides is 3. The lowest BCUT2D eigenvalue weighted by atomic mass is 10.0. The van der Waals surface area contributed by atoms with Gasteiger partial charge in [-0.3, -0.25) is 34.6 Å². The summed E-state index contributed by atoms with van der Waals surface area (Å²) in [6, 6.07) is 5.31.